The Morgan fingerprint density at radius 1 is 1.50 bits per heavy atom. The molecular weight excluding hydrogens is 248 g/mol. The molecule has 0 radical (unpaired) electrons. The monoisotopic (exact) mass is 266 g/mol. The number of phenols is 1. The second-order valence-electron chi connectivity index (χ2n) is 4.19. The zero-order valence-electron chi connectivity index (χ0n) is 10.6. The summed E-state index contributed by atoms with van der Waals surface area (Å²) in [7, 11) is 0. The Balaban J connectivity index is 2.93. The second-order valence-corrected chi connectivity index (χ2v) is 4.72. The molecule has 1 aromatic rings. The molecule has 0 aromatic heterocycles. The molecule has 3 N–H and O–H groups in total. The van der Waals surface area contributed by atoms with Gasteiger partial charge in [-0.1, -0.05) is 19.1 Å². The van der Waals surface area contributed by atoms with Crippen LogP contribution in [0.3, 0.4) is 0 Å². The maximum Gasteiger partial charge on any atom is 0.254 e. The smallest absolute Gasteiger partial charge is 0.254 e. The Bertz CT molecular complexity index is 460. The largest absolute Gasteiger partial charge is 0.508 e. The third kappa shape index (κ3) is 3.70. The number of nitrogens with two attached hydrogens (primary N) is 1. The van der Waals surface area contributed by atoms with Crippen molar-refractivity contribution in [2.45, 2.75) is 20.3 Å². The first-order valence-electron chi connectivity index (χ1n) is 5.83. The van der Waals surface area contributed by atoms with Gasteiger partial charge in [0.1, 0.15) is 5.75 Å². The Morgan fingerprint density at radius 3 is 2.67 bits per heavy atom. The molecule has 98 valence electrons. The van der Waals surface area contributed by atoms with E-state index in [-0.39, 0.29) is 18.2 Å². The van der Waals surface area contributed by atoms with E-state index in [1.165, 1.54) is 6.07 Å². The van der Waals surface area contributed by atoms with Crippen molar-refractivity contribution in [1.82, 2.24) is 4.90 Å². The number of rotatable bonds is 5. The molecule has 1 amide bonds. The molecule has 0 fully saturated rings. The molecule has 1 aromatic carbocycles. The van der Waals surface area contributed by atoms with Gasteiger partial charge < -0.3 is 15.7 Å². The third-order valence-electron chi connectivity index (χ3n) is 2.57. The fraction of sp³-hybridized carbons (Fsp3) is 0.385. The van der Waals surface area contributed by atoms with Gasteiger partial charge in [0, 0.05) is 12.1 Å². The topological polar surface area (TPSA) is 66.6 Å². The van der Waals surface area contributed by atoms with Crippen molar-refractivity contribution in [2.75, 3.05) is 13.1 Å². The highest BCUT2D eigenvalue weighted by Gasteiger charge is 2.16. The minimum absolute atomic E-state index is 0.118. The van der Waals surface area contributed by atoms with Crippen LogP contribution in [0.25, 0.3) is 0 Å². The van der Waals surface area contributed by atoms with Crippen molar-refractivity contribution in [3.8, 4) is 5.75 Å². The Kier molecular flexibility index (Phi) is 5.09. The van der Waals surface area contributed by atoms with Crippen LogP contribution < -0.4 is 5.73 Å². The zero-order chi connectivity index (χ0) is 13.7. The summed E-state index contributed by atoms with van der Waals surface area (Å²) in [6.07, 6.45) is 0.839. The molecule has 0 aliphatic carbocycles. The van der Waals surface area contributed by atoms with E-state index in [4.69, 9.17) is 18.0 Å². The molecule has 0 atom stereocenters. The molecule has 1 rings (SSSR count). The average Bonchev–Trinajstić information content (AvgIpc) is 2.31. The number of carbonyl (C=O) groups excluding carboxylic acids is 1. The highest BCUT2D eigenvalue weighted by atomic mass is 32.1. The lowest BCUT2D eigenvalue weighted by Crippen LogP contribution is -2.38. The molecule has 4 nitrogen and oxygen atoms in total. The fourth-order valence-electron chi connectivity index (χ4n) is 1.68. The van der Waals surface area contributed by atoms with Crippen LogP contribution in [0.1, 0.15) is 29.3 Å². The van der Waals surface area contributed by atoms with Gasteiger partial charge in [-0.15, -0.1) is 0 Å². The summed E-state index contributed by atoms with van der Waals surface area (Å²) in [4.78, 5) is 14.2. The molecule has 0 saturated heterocycles. The van der Waals surface area contributed by atoms with Crippen LogP contribution in [0.15, 0.2) is 18.2 Å². The zero-order valence-corrected chi connectivity index (χ0v) is 11.5. The number of hydrogen-bond acceptors (Lipinski definition) is 3. The normalized spacial score (nSPS) is 10.1. The summed E-state index contributed by atoms with van der Waals surface area (Å²) in [6, 6.07) is 4.79. The van der Waals surface area contributed by atoms with Crippen LogP contribution in [0, 0.1) is 6.92 Å². The van der Waals surface area contributed by atoms with Crippen molar-refractivity contribution < 1.29 is 9.90 Å². The van der Waals surface area contributed by atoms with Gasteiger partial charge in [0.25, 0.3) is 5.91 Å². The van der Waals surface area contributed by atoms with Crippen molar-refractivity contribution in [3.05, 3.63) is 29.3 Å². The predicted octanol–water partition coefficient (Wildman–Crippen LogP) is 1.84. The van der Waals surface area contributed by atoms with Gasteiger partial charge in [0.15, 0.2) is 0 Å². The third-order valence-corrected chi connectivity index (χ3v) is 2.70. The molecule has 0 aliphatic rings. The van der Waals surface area contributed by atoms with E-state index in [1.54, 1.807) is 24.0 Å². The number of phenolic OH excluding ortho intramolecular Hbond substituents is 1. The van der Waals surface area contributed by atoms with Gasteiger partial charge in [-0.3, -0.25) is 4.79 Å². The van der Waals surface area contributed by atoms with Gasteiger partial charge >= 0.3 is 0 Å². The highest BCUT2D eigenvalue weighted by Crippen LogP contribution is 2.18. The number of aryl methyl sites for hydroxylation is 1. The van der Waals surface area contributed by atoms with E-state index in [0.717, 1.165) is 6.42 Å². The highest BCUT2D eigenvalue weighted by molar-refractivity contribution is 7.80. The second kappa shape index (κ2) is 6.35. The number of thiocarbonyl (C=S) groups is 1. The number of aromatic hydroxyl groups is 1. The quantitative estimate of drug-likeness (QED) is 0.798. The number of benzene rings is 1. The van der Waals surface area contributed by atoms with Crippen molar-refractivity contribution in [1.29, 1.82) is 0 Å². The average molecular weight is 266 g/mol. The minimum Gasteiger partial charge on any atom is -0.508 e. The summed E-state index contributed by atoms with van der Waals surface area (Å²) in [5, 5.41) is 9.45. The van der Waals surface area contributed by atoms with E-state index < -0.39 is 0 Å². The molecule has 0 bridgehead atoms. The first kappa shape index (κ1) is 14.4. The van der Waals surface area contributed by atoms with E-state index in [1.807, 2.05) is 6.92 Å². The van der Waals surface area contributed by atoms with Gasteiger partial charge in [0.2, 0.25) is 0 Å². The van der Waals surface area contributed by atoms with Crippen LogP contribution in [0.5, 0.6) is 5.75 Å². The summed E-state index contributed by atoms with van der Waals surface area (Å²) in [5.41, 5.74) is 6.70. The molecular formula is C13H18N2O2S. The molecule has 0 unspecified atom stereocenters. The molecule has 0 saturated carbocycles. The van der Waals surface area contributed by atoms with Crippen molar-refractivity contribution in [2.24, 2.45) is 5.73 Å². The van der Waals surface area contributed by atoms with Crippen LogP contribution in [-0.2, 0) is 0 Å². The standard InChI is InChI=1S/C13H18N2O2S/c1-3-6-15(8-12(14)18)13(17)10-4-5-11(16)9(2)7-10/h4-5,7,16H,3,6,8H2,1-2H3,(H2,14,18). The first-order valence-corrected chi connectivity index (χ1v) is 6.23. The summed E-state index contributed by atoms with van der Waals surface area (Å²) in [5.74, 6) is 0.0655. The van der Waals surface area contributed by atoms with Crippen LogP contribution in [-0.4, -0.2) is 34.0 Å². The van der Waals surface area contributed by atoms with Crippen LogP contribution in [0.4, 0.5) is 0 Å². The first-order chi connectivity index (χ1) is 8.45. The lowest BCUT2D eigenvalue weighted by atomic mass is 10.1. The SMILES string of the molecule is CCCN(CC(N)=S)C(=O)c1ccc(O)c(C)c1. The molecule has 18 heavy (non-hydrogen) atoms. The summed E-state index contributed by atoms with van der Waals surface area (Å²) in [6.45, 7) is 4.63. The fourth-order valence-corrected chi connectivity index (χ4v) is 1.84. The van der Waals surface area contributed by atoms with E-state index in [9.17, 15) is 9.90 Å². The van der Waals surface area contributed by atoms with Gasteiger partial charge in [-0.25, -0.2) is 0 Å². The van der Waals surface area contributed by atoms with Gasteiger partial charge in [-0.2, -0.15) is 0 Å². The van der Waals surface area contributed by atoms with E-state index in [0.29, 0.717) is 22.7 Å². The summed E-state index contributed by atoms with van der Waals surface area (Å²) >= 11 is 4.85. The molecule has 0 spiro atoms. The van der Waals surface area contributed by atoms with Crippen molar-refractivity contribution >= 4 is 23.1 Å². The number of carbonyl (C=O) groups is 1. The number of nitrogens with zero attached hydrogens (tertiary/aromatic N) is 1. The van der Waals surface area contributed by atoms with Gasteiger partial charge in [0.05, 0.1) is 11.5 Å². The number of amides is 1. The number of hydrogen-bond donors (Lipinski definition) is 2. The Labute approximate surface area is 112 Å². The maximum atomic E-state index is 12.3. The lowest BCUT2D eigenvalue weighted by Gasteiger charge is -2.21. The summed E-state index contributed by atoms with van der Waals surface area (Å²) < 4.78 is 0. The Morgan fingerprint density at radius 2 is 2.17 bits per heavy atom. The van der Waals surface area contributed by atoms with E-state index >= 15 is 0 Å². The van der Waals surface area contributed by atoms with Crippen LogP contribution >= 0.6 is 12.2 Å². The molecule has 0 heterocycles. The van der Waals surface area contributed by atoms with Gasteiger partial charge in [-0.05, 0) is 37.1 Å². The predicted molar refractivity (Wildman–Crippen MR) is 75.8 cm³/mol. The lowest BCUT2D eigenvalue weighted by molar-refractivity contribution is 0.0780. The minimum atomic E-state index is -0.118. The molecule has 5 heteroatoms. The van der Waals surface area contributed by atoms with Crippen LogP contribution in [0.2, 0.25) is 0 Å². The maximum absolute atomic E-state index is 12.3. The van der Waals surface area contributed by atoms with Crippen molar-refractivity contribution in [3.63, 3.8) is 0 Å². The molecule has 0 aliphatic heterocycles. The van der Waals surface area contributed by atoms with E-state index in [2.05, 4.69) is 0 Å². The Hall–Kier alpha value is -1.62.